The van der Waals surface area contributed by atoms with Crippen LogP contribution in [0.1, 0.15) is 30.9 Å². The zero-order valence-corrected chi connectivity index (χ0v) is 8.43. The molecule has 0 N–H and O–H groups in total. The van der Waals surface area contributed by atoms with Gasteiger partial charge >= 0.3 is 0 Å². The van der Waals surface area contributed by atoms with E-state index in [0.717, 1.165) is 6.42 Å². The second-order valence-electron chi connectivity index (χ2n) is 3.29. The Bertz CT molecular complexity index is 241. The lowest BCUT2D eigenvalue weighted by molar-refractivity contribution is 0.845. The molecule has 0 saturated heterocycles. The summed E-state index contributed by atoms with van der Waals surface area (Å²) in [6.07, 6.45) is 0.982. The molecule has 12 heavy (non-hydrogen) atoms. The van der Waals surface area contributed by atoms with Gasteiger partial charge < -0.3 is 0 Å². The number of hydrogen-bond acceptors (Lipinski definition) is 0. The molecule has 0 nitrogen and oxygen atoms in total. The second kappa shape index (κ2) is 4.51. The third-order valence-corrected chi connectivity index (χ3v) is 2.23. The van der Waals surface area contributed by atoms with Gasteiger partial charge in [0, 0.05) is 5.88 Å². The first-order valence-electron chi connectivity index (χ1n) is 4.39. The molecule has 66 valence electrons. The SMILES string of the molecule is CC(C)c1ccccc1CCCl. The van der Waals surface area contributed by atoms with E-state index >= 15 is 0 Å². The maximum atomic E-state index is 5.71. The van der Waals surface area contributed by atoms with Gasteiger partial charge in [0.15, 0.2) is 0 Å². The maximum absolute atomic E-state index is 5.71. The van der Waals surface area contributed by atoms with Crippen LogP contribution in [0.2, 0.25) is 0 Å². The van der Waals surface area contributed by atoms with Crippen LogP contribution in [0, 0.1) is 0 Å². The predicted molar refractivity (Wildman–Crippen MR) is 55.0 cm³/mol. The highest BCUT2D eigenvalue weighted by Gasteiger charge is 2.03. The third-order valence-electron chi connectivity index (χ3n) is 2.04. The first kappa shape index (κ1) is 9.60. The number of hydrogen-bond donors (Lipinski definition) is 0. The zero-order chi connectivity index (χ0) is 8.97. The molecule has 1 rings (SSSR count). The average molecular weight is 183 g/mol. The summed E-state index contributed by atoms with van der Waals surface area (Å²) in [7, 11) is 0. The van der Waals surface area contributed by atoms with Gasteiger partial charge in [0.05, 0.1) is 0 Å². The lowest BCUT2D eigenvalue weighted by Gasteiger charge is -2.10. The van der Waals surface area contributed by atoms with Crippen molar-refractivity contribution in [2.75, 3.05) is 5.88 Å². The number of benzene rings is 1. The van der Waals surface area contributed by atoms with Crippen LogP contribution < -0.4 is 0 Å². The average Bonchev–Trinajstić information content (AvgIpc) is 2.05. The Balaban J connectivity index is 2.92. The first-order valence-corrected chi connectivity index (χ1v) is 4.93. The highest BCUT2D eigenvalue weighted by Crippen LogP contribution is 2.19. The molecule has 0 aliphatic rings. The smallest absolute Gasteiger partial charge is 0.0264 e. The van der Waals surface area contributed by atoms with Crippen molar-refractivity contribution < 1.29 is 0 Å². The number of rotatable bonds is 3. The van der Waals surface area contributed by atoms with E-state index in [-0.39, 0.29) is 0 Å². The number of alkyl halides is 1. The van der Waals surface area contributed by atoms with E-state index < -0.39 is 0 Å². The van der Waals surface area contributed by atoms with Crippen LogP contribution in [0.15, 0.2) is 24.3 Å². The zero-order valence-electron chi connectivity index (χ0n) is 7.68. The highest BCUT2D eigenvalue weighted by atomic mass is 35.5. The van der Waals surface area contributed by atoms with Crippen molar-refractivity contribution in [3.05, 3.63) is 35.4 Å². The van der Waals surface area contributed by atoms with Crippen LogP contribution in [0.3, 0.4) is 0 Å². The van der Waals surface area contributed by atoms with E-state index in [0.29, 0.717) is 11.8 Å². The standard InChI is InChI=1S/C11H15Cl/c1-9(2)11-6-4-3-5-10(11)7-8-12/h3-6,9H,7-8H2,1-2H3. The van der Waals surface area contributed by atoms with E-state index in [1.54, 1.807) is 0 Å². The molecule has 0 radical (unpaired) electrons. The lowest BCUT2D eigenvalue weighted by Crippen LogP contribution is -1.96. The minimum absolute atomic E-state index is 0.601. The van der Waals surface area contributed by atoms with E-state index in [1.165, 1.54) is 11.1 Å². The van der Waals surface area contributed by atoms with Crippen LogP contribution in [-0.2, 0) is 6.42 Å². The Morgan fingerprint density at radius 2 is 1.92 bits per heavy atom. The molecule has 0 saturated carbocycles. The monoisotopic (exact) mass is 182 g/mol. The molecule has 1 heteroatoms. The van der Waals surface area contributed by atoms with E-state index in [4.69, 9.17) is 11.6 Å². The topological polar surface area (TPSA) is 0 Å². The Hall–Kier alpha value is -0.490. The molecular weight excluding hydrogens is 168 g/mol. The van der Waals surface area contributed by atoms with Crippen molar-refractivity contribution >= 4 is 11.6 Å². The van der Waals surface area contributed by atoms with Crippen molar-refractivity contribution in [1.82, 2.24) is 0 Å². The Kier molecular flexibility index (Phi) is 3.61. The molecule has 0 aromatic heterocycles. The van der Waals surface area contributed by atoms with Crippen molar-refractivity contribution in [1.29, 1.82) is 0 Å². The molecule has 0 spiro atoms. The van der Waals surface area contributed by atoms with E-state index in [1.807, 2.05) is 0 Å². The van der Waals surface area contributed by atoms with Crippen LogP contribution in [-0.4, -0.2) is 5.88 Å². The molecule has 0 aliphatic heterocycles. The molecule has 0 atom stereocenters. The summed E-state index contributed by atoms with van der Waals surface area (Å²) in [6.45, 7) is 4.43. The summed E-state index contributed by atoms with van der Waals surface area (Å²) in [5, 5.41) is 0. The lowest BCUT2D eigenvalue weighted by atomic mass is 9.96. The first-order chi connectivity index (χ1) is 5.75. The fraction of sp³-hybridized carbons (Fsp3) is 0.455. The second-order valence-corrected chi connectivity index (χ2v) is 3.67. The van der Waals surface area contributed by atoms with Gasteiger partial charge in [0.25, 0.3) is 0 Å². The summed E-state index contributed by atoms with van der Waals surface area (Å²) in [5.74, 6) is 1.31. The van der Waals surface area contributed by atoms with Crippen molar-refractivity contribution in [2.45, 2.75) is 26.2 Å². The van der Waals surface area contributed by atoms with Gasteiger partial charge in [-0.2, -0.15) is 0 Å². The van der Waals surface area contributed by atoms with Gasteiger partial charge in [-0.05, 0) is 23.5 Å². The Morgan fingerprint density at radius 1 is 1.25 bits per heavy atom. The number of aryl methyl sites for hydroxylation is 1. The molecule has 0 unspecified atom stereocenters. The summed E-state index contributed by atoms with van der Waals surface area (Å²) in [5.41, 5.74) is 2.82. The van der Waals surface area contributed by atoms with Gasteiger partial charge in [-0.3, -0.25) is 0 Å². The van der Waals surface area contributed by atoms with Crippen molar-refractivity contribution in [3.63, 3.8) is 0 Å². The van der Waals surface area contributed by atoms with Crippen molar-refractivity contribution in [2.24, 2.45) is 0 Å². The fourth-order valence-corrected chi connectivity index (χ4v) is 1.63. The molecule has 0 bridgehead atoms. The van der Waals surface area contributed by atoms with Gasteiger partial charge in [0.1, 0.15) is 0 Å². The van der Waals surface area contributed by atoms with Gasteiger partial charge in [-0.1, -0.05) is 38.1 Å². The molecule has 0 fully saturated rings. The summed E-state index contributed by atoms with van der Waals surface area (Å²) in [4.78, 5) is 0. The van der Waals surface area contributed by atoms with Crippen molar-refractivity contribution in [3.8, 4) is 0 Å². The fourth-order valence-electron chi connectivity index (χ4n) is 1.43. The predicted octanol–water partition coefficient (Wildman–Crippen LogP) is 3.59. The largest absolute Gasteiger partial charge is 0.126 e. The Labute approximate surface area is 79.6 Å². The summed E-state index contributed by atoms with van der Waals surface area (Å²) >= 11 is 5.71. The molecular formula is C11H15Cl. The summed E-state index contributed by atoms with van der Waals surface area (Å²) in [6, 6.07) is 8.52. The molecule has 0 aliphatic carbocycles. The molecule has 1 aromatic rings. The third kappa shape index (κ3) is 2.25. The molecule has 0 heterocycles. The molecule has 0 amide bonds. The minimum Gasteiger partial charge on any atom is -0.126 e. The van der Waals surface area contributed by atoms with Gasteiger partial charge in [-0.25, -0.2) is 0 Å². The van der Waals surface area contributed by atoms with E-state index in [2.05, 4.69) is 38.1 Å². The van der Waals surface area contributed by atoms with Crippen LogP contribution in [0.5, 0.6) is 0 Å². The van der Waals surface area contributed by atoms with Gasteiger partial charge in [-0.15, -0.1) is 11.6 Å². The quantitative estimate of drug-likeness (QED) is 0.627. The van der Waals surface area contributed by atoms with E-state index in [9.17, 15) is 0 Å². The van der Waals surface area contributed by atoms with Gasteiger partial charge in [0.2, 0.25) is 0 Å². The van der Waals surface area contributed by atoms with Crippen LogP contribution in [0.25, 0.3) is 0 Å². The summed E-state index contributed by atoms with van der Waals surface area (Å²) < 4.78 is 0. The van der Waals surface area contributed by atoms with Crippen LogP contribution >= 0.6 is 11.6 Å². The van der Waals surface area contributed by atoms with Crippen LogP contribution in [0.4, 0.5) is 0 Å². The normalized spacial score (nSPS) is 10.7. The number of halogens is 1. The highest BCUT2D eigenvalue weighted by molar-refractivity contribution is 6.18. The Morgan fingerprint density at radius 3 is 2.50 bits per heavy atom. The molecule has 1 aromatic carbocycles. The minimum atomic E-state index is 0.601. The maximum Gasteiger partial charge on any atom is 0.0264 e.